The third kappa shape index (κ3) is 20.8. The molecule has 0 radical (unpaired) electrons. The van der Waals surface area contributed by atoms with E-state index in [9.17, 15) is 4.79 Å². The van der Waals surface area contributed by atoms with E-state index in [0.29, 0.717) is 13.0 Å². The molecule has 0 rings (SSSR count). The third-order valence-corrected chi connectivity index (χ3v) is 5.90. The highest BCUT2D eigenvalue weighted by atomic mass is 16.5. The zero-order valence-electron chi connectivity index (χ0n) is 21.4. The van der Waals surface area contributed by atoms with Crippen LogP contribution >= 0.6 is 0 Å². The largest absolute Gasteiger partial charge is 0.461 e. The lowest BCUT2D eigenvalue weighted by atomic mass is 10.0. The molecule has 0 spiro atoms. The fourth-order valence-electron chi connectivity index (χ4n) is 3.80. The van der Waals surface area contributed by atoms with Gasteiger partial charge in [-0.05, 0) is 77.2 Å². The van der Waals surface area contributed by atoms with E-state index in [2.05, 4.69) is 38.2 Å². The number of allylic oxidation sites excluding steroid dienone is 4. The van der Waals surface area contributed by atoms with Gasteiger partial charge in [0.15, 0.2) is 0 Å². The molecule has 0 aliphatic carbocycles. The molecular formula is C28H54N2O2. The second kappa shape index (κ2) is 24.5. The number of rotatable bonds is 23. The molecule has 0 amide bonds. The van der Waals surface area contributed by atoms with Crippen LogP contribution in [0, 0.1) is 0 Å². The lowest BCUT2D eigenvalue weighted by Gasteiger charge is -2.20. The van der Waals surface area contributed by atoms with Crippen LogP contribution in [0.25, 0.3) is 0 Å². The average molecular weight is 451 g/mol. The van der Waals surface area contributed by atoms with Gasteiger partial charge in [0, 0.05) is 0 Å². The Bertz CT molecular complexity index is 462. The van der Waals surface area contributed by atoms with Crippen LogP contribution in [0.1, 0.15) is 129 Å². The van der Waals surface area contributed by atoms with Crippen molar-refractivity contribution in [1.29, 1.82) is 0 Å². The van der Waals surface area contributed by atoms with Crippen LogP contribution in [0.4, 0.5) is 0 Å². The molecule has 0 aromatic rings. The minimum Gasteiger partial charge on any atom is -0.461 e. The van der Waals surface area contributed by atoms with Crippen LogP contribution in [-0.2, 0) is 9.53 Å². The molecule has 0 heterocycles. The highest BCUT2D eigenvalue weighted by Crippen LogP contribution is 2.16. The van der Waals surface area contributed by atoms with Gasteiger partial charge in [-0.15, -0.1) is 0 Å². The maximum atomic E-state index is 12.4. The third-order valence-electron chi connectivity index (χ3n) is 5.90. The van der Waals surface area contributed by atoms with Crippen molar-refractivity contribution in [3.63, 3.8) is 0 Å². The van der Waals surface area contributed by atoms with Crippen LogP contribution in [0.3, 0.4) is 0 Å². The Kier molecular flexibility index (Phi) is 23.6. The molecule has 2 atom stereocenters. The Morgan fingerprint density at radius 1 is 0.719 bits per heavy atom. The van der Waals surface area contributed by atoms with Crippen molar-refractivity contribution in [2.24, 2.45) is 11.5 Å². The fourth-order valence-corrected chi connectivity index (χ4v) is 3.80. The predicted octanol–water partition coefficient (Wildman–Crippen LogP) is 7.36. The molecule has 0 fully saturated rings. The molecule has 4 N–H and O–H groups in total. The molecule has 4 nitrogen and oxygen atoms in total. The molecule has 0 aromatic carbocycles. The van der Waals surface area contributed by atoms with Crippen LogP contribution in [0.2, 0.25) is 0 Å². The summed E-state index contributed by atoms with van der Waals surface area (Å²) in [5.74, 6) is -0.243. The van der Waals surface area contributed by atoms with E-state index in [1.807, 2.05) is 0 Å². The normalized spacial score (nSPS) is 13.8. The van der Waals surface area contributed by atoms with Crippen LogP contribution in [0.15, 0.2) is 24.3 Å². The van der Waals surface area contributed by atoms with E-state index in [4.69, 9.17) is 16.2 Å². The van der Waals surface area contributed by atoms with E-state index in [-0.39, 0.29) is 12.1 Å². The zero-order valence-corrected chi connectivity index (χ0v) is 21.4. The van der Waals surface area contributed by atoms with E-state index in [1.54, 1.807) is 0 Å². The van der Waals surface area contributed by atoms with E-state index < -0.39 is 6.04 Å². The van der Waals surface area contributed by atoms with E-state index in [1.165, 1.54) is 64.2 Å². The van der Waals surface area contributed by atoms with Crippen LogP contribution in [-0.4, -0.2) is 24.7 Å². The number of carbonyl (C=O) groups excluding carboxylic acids is 1. The summed E-state index contributed by atoms with van der Waals surface area (Å²) < 4.78 is 5.79. The van der Waals surface area contributed by atoms with Gasteiger partial charge in [-0.25, -0.2) is 0 Å². The maximum absolute atomic E-state index is 12.4. The molecule has 0 bridgehead atoms. The molecule has 0 aliphatic rings. The molecule has 0 aromatic heterocycles. The Hall–Kier alpha value is -1.13. The van der Waals surface area contributed by atoms with Crippen molar-refractivity contribution in [1.82, 2.24) is 0 Å². The van der Waals surface area contributed by atoms with Crippen molar-refractivity contribution in [3.05, 3.63) is 24.3 Å². The summed E-state index contributed by atoms with van der Waals surface area (Å²) in [6, 6.07) is -0.519. The standard InChI is InChI=1S/C28H54N2O2/c1-3-5-7-9-10-11-12-13-14-15-16-17-19-23-26(22-18-8-6-4-2)32-28(31)27(30)24-20-21-25-29/h6,8,11-12,26-27H,3-5,7,9-10,13-25,29-30H2,1-2H3/b8-6-,12-11-. The van der Waals surface area contributed by atoms with Gasteiger partial charge < -0.3 is 16.2 Å². The van der Waals surface area contributed by atoms with Gasteiger partial charge in [0.1, 0.15) is 12.1 Å². The molecule has 0 saturated heterocycles. The van der Waals surface area contributed by atoms with Crippen molar-refractivity contribution in [2.45, 2.75) is 142 Å². The van der Waals surface area contributed by atoms with Gasteiger partial charge in [-0.1, -0.05) is 83.1 Å². The van der Waals surface area contributed by atoms with E-state index in [0.717, 1.165) is 44.9 Å². The number of esters is 1. The lowest BCUT2D eigenvalue weighted by molar-refractivity contribution is -0.151. The van der Waals surface area contributed by atoms with Crippen molar-refractivity contribution >= 4 is 5.97 Å². The van der Waals surface area contributed by atoms with Crippen molar-refractivity contribution < 1.29 is 9.53 Å². The summed E-state index contributed by atoms with van der Waals surface area (Å²) in [4.78, 5) is 12.4. The lowest BCUT2D eigenvalue weighted by Crippen LogP contribution is -2.35. The van der Waals surface area contributed by atoms with Crippen LogP contribution < -0.4 is 11.5 Å². The Morgan fingerprint density at radius 2 is 1.31 bits per heavy atom. The van der Waals surface area contributed by atoms with Crippen LogP contribution in [0.5, 0.6) is 0 Å². The summed E-state index contributed by atoms with van der Waals surface area (Å²) in [6.45, 7) is 5.04. The number of carbonyl (C=O) groups is 1. The minimum atomic E-state index is -0.519. The predicted molar refractivity (Wildman–Crippen MR) is 140 cm³/mol. The molecule has 0 saturated carbocycles. The molecule has 32 heavy (non-hydrogen) atoms. The monoisotopic (exact) mass is 450 g/mol. The van der Waals surface area contributed by atoms with Gasteiger partial charge >= 0.3 is 5.97 Å². The average Bonchev–Trinajstić information content (AvgIpc) is 2.79. The first kappa shape index (κ1) is 30.9. The first-order chi connectivity index (χ1) is 15.7. The summed E-state index contributed by atoms with van der Waals surface area (Å²) in [5.41, 5.74) is 11.5. The summed E-state index contributed by atoms with van der Waals surface area (Å²) >= 11 is 0. The summed E-state index contributed by atoms with van der Waals surface area (Å²) in [5, 5.41) is 0. The fraction of sp³-hybridized carbons (Fsp3) is 0.821. The van der Waals surface area contributed by atoms with Gasteiger partial charge in [0.25, 0.3) is 0 Å². The first-order valence-electron chi connectivity index (χ1n) is 13.6. The van der Waals surface area contributed by atoms with Gasteiger partial charge in [-0.2, -0.15) is 0 Å². The first-order valence-corrected chi connectivity index (χ1v) is 13.6. The molecule has 188 valence electrons. The number of ether oxygens (including phenoxy) is 1. The second-order valence-electron chi connectivity index (χ2n) is 9.07. The maximum Gasteiger partial charge on any atom is 0.323 e. The highest BCUT2D eigenvalue weighted by molar-refractivity contribution is 5.75. The zero-order chi connectivity index (χ0) is 23.7. The SMILES string of the molecule is CC/C=C\CCC(CCCCCCC/C=C\CCCCCC)OC(=O)C(N)CCCCN. The van der Waals surface area contributed by atoms with Gasteiger partial charge in [0.2, 0.25) is 0 Å². The Balaban J connectivity index is 4.02. The number of hydrogen-bond acceptors (Lipinski definition) is 4. The van der Waals surface area contributed by atoms with Gasteiger partial charge in [-0.3, -0.25) is 4.79 Å². The number of unbranched alkanes of at least 4 members (excludes halogenated alkanes) is 10. The Morgan fingerprint density at radius 3 is 1.97 bits per heavy atom. The smallest absolute Gasteiger partial charge is 0.323 e. The molecule has 4 heteroatoms. The minimum absolute atomic E-state index is 0.0137. The second-order valence-corrected chi connectivity index (χ2v) is 9.07. The topological polar surface area (TPSA) is 78.3 Å². The Labute approximate surface area is 199 Å². The van der Waals surface area contributed by atoms with Crippen molar-refractivity contribution in [3.8, 4) is 0 Å². The van der Waals surface area contributed by atoms with E-state index >= 15 is 0 Å². The summed E-state index contributed by atoms with van der Waals surface area (Å²) in [7, 11) is 0. The summed E-state index contributed by atoms with van der Waals surface area (Å²) in [6.07, 6.45) is 29.4. The molecule has 2 unspecified atom stereocenters. The van der Waals surface area contributed by atoms with Gasteiger partial charge in [0.05, 0.1) is 0 Å². The molecular weight excluding hydrogens is 396 g/mol. The molecule has 0 aliphatic heterocycles. The quantitative estimate of drug-likeness (QED) is 0.0968. The number of hydrogen-bond donors (Lipinski definition) is 2. The van der Waals surface area contributed by atoms with Crippen molar-refractivity contribution in [2.75, 3.05) is 6.54 Å². The highest BCUT2D eigenvalue weighted by Gasteiger charge is 2.19. The number of nitrogens with two attached hydrogens (primary N) is 2.